The van der Waals surface area contributed by atoms with Crippen LogP contribution >= 0.6 is 11.8 Å². The first-order valence-corrected chi connectivity index (χ1v) is 7.70. The van der Waals surface area contributed by atoms with Crippen LogP contribution in [0.3, 0.4) is 0 Å². The van der Waals surface area contributed by atoms with Crippen molar-refractivity contribution in [1.29, 1.82) is 0 Å². The SMILES string of the molecule is Cc1ccc(C(SCCN)c2ccc(C)cc2)cc1. The molecule has 0 saturated carbocycles. The van der Waals surface area contributed by atoms with E-state index in [1.807, 2.05) is 11.8 Å². The Morgan fingerprint density at radius 1 is 0.842 bits per heavy atom. The van der Waals surface area contributed by atoms with Crippen molar-refractivity contribution in [1.82, 2.24) is 0 Å². The molecule has 2 rings (SSSR count). The summed E-state index contributed by atoms with van der Waals surface area (Å²) in [7, 11) is 0. The predicted molar refractivity (Wildman–Crippen MR) is 85.7 cm³/mol. The van der Waals surface area contributed by atoms with Crippen molar-refractivity contribution in [3.05, 3.63) is 70.8 Å². The molecule has 19 heavy (non-hydrogen) atoms. The molecule has 2 N–H and O–H groups in total. The summed E-state index contributed by atoms with van der Waals surface area (Å²) in [6, 6.07) is 17.6. The van der Waals surface area contributed by atoms with Gasteiger partial charge in [0.25, 0.3) is 0 Å². The fourth-order valence-electron chi connectivity index (χ4n) is 2.05. The summed E-state index contributed by atoms with van der Waals surface area (Å²) in [4.78, 5) is 0. The fraction of sp³-hybridized carbons (Fsp3) is 0.294. The Morgan fingerprint density at radius 3 is 1.63 bits per heavy atom. The second-order valence-corrected chi connectivity index (χ2v) is 6.07. The first-order chi connectivity index (χ1) is 9.20. The smallest absolute Gasteiger partial charge is 0.0547 e. The molecule has 100 valence electrons. The maximum absolute atomic E-state index is 5.66. The Hall–Kier alpha value is -1.25. The molecular formula is C17H21NS. The highest BCUT2D eigenvalue weighted by atomic mass is 32.2. The number of nitrogens with two attached hydrogens (primary N) is 1. The zero-order valence-corrected chi connectivity index (χ0v) is 12.4. The predicted octanol–water partition coefficient (Wildman–Crippen LogP) is 4.08. The van der Waals surface area contributed by atoms with Gasteiger partial charge in [0.1, 0.15) is 0 Å². The van der Waals surface area contributed by atoms with E-state index in [9.17, 15) is 0 Å². The highest BCUT2D eigenvalue weighted by Crippen LogP contribution is 2.35. The molecule has 0 saturated heterocycles. The quantitative estimate of drug-likeness (QED) is 0.886. The van der Waals surface area contributed by atoms with Crippen molar-refractivity contribution < 1.29 is 0 Å². The molecule has 0 atom stereocenters. The molecule has 0 aliphatic heterocycles. The lowest BCUT2D eigenvalue weighted by Crippen LogP contribution is -2.05. The Bertz CT molecular complexity index is 456. The van der Waals surface area contributed by atoms with Crippen LogP contribution in [-0.2, 0) is 0 Å². The molecule has 2 heteroatoms. The van der Waals surface area contributed by atoms with E-state index >= 15 is 0 Å². The maximum Gasteiger partial charge on any atom is 0.0547 e. The molecule has 0 heterocycles. The third kappa shape index (κ3) is 3.85. The molecule has 0 aliphatic rings. The summed E-state index contributed by atoms with van der Waals surface area (Å²) in [6.07, 6.45) is 0. The largest absolute Gasteiger partial charge is 0.330 e. The standard InChI is InChI=1S/C17H21NS/c1-13-3-7-15(8-4-13)17(19-12-11-18)16-9-5-14(2)6-10-16/h3-10,17H,11-12,18H2,1-2H3. The number of hydrogen-bond acceptors (Lipinski definition) is 2. The molecule has 0 aliphatic carbocycles. The van der Waals surface area contributed by atoms with Crippen LogP contribution in [0.2, 0.25) is 0 Å². The van der Waals surface area contributed by atoms with E-state index in [2.05, 4.69) is 62.4 Å². The van der Waals surface area contributed by atoms with Crippen LogP contribution in [0, 0.1) is 13.8 Å². The monoisotopic (exact) mass is 271 g/mol. The lowest BCUT2D eigenvalue weighted by Gasteiger charge is -2.18. The van der Waals surface area contributed by atoms with Gasteiger partial charge in [0.05, 0.1) is 5.25 Å². The van der Waals surface area contributed by atoms with Crippen molar-refractivity contribution in [3.8, 4) is 0 Å². The van der Waals surface area contributed by atoms with Gasteiger partial charge >= 0.3 is 0 Å². The maximum atomic E-state index is 5.66. The van der Waals surface area contributed by atoms with Gasteiger partial charge in [-0.1, -0.05) is 59.7 Å². The van der Waals surface area contributed by atoms with E-state index in [1.165, 1.54) is 22.3 Å². The second-order valence-electron chi connectivity index (χ2n) is 4.86. The van der Waals surface area contributed by atoms with Crippen LogP contribution in [0.15, 0.2) is 48.5 Å². The normalized spacial score (nSPS) is 10.9. The molecule has 0 amide bonds. The molecule has 0 aromatic heterocycles. The topological polar surface area (TPSA) is 26.0 Å². The summed E-state index contributed by atoms with van der Waals surface area (Å²) < 4.78 is 0. The van der Waals surface area contributed by atoms with Crippen LogP contribution in [0.25, 0.3) is 0 Å². The van der Waals surface area contributed by atoms with Gasteiger partial charge in [-0.2, -0.15) is 0 Å². The van der Waals surface area contributed by atoms with Gasteiger partial charge in [0.15, 0.2) is 0 Å². The lowest BCUT2D eigenvalue weighted by molar-refractivity contribution is 1.11. The summed E-state index contributed by atoms with van der Waals surface area (Å²) >= 11 is 1.91. The second kappa shape index (κ2) is 6.78. The van der Waals surface area contributed by atoms with Crippen LogP contribution in [0.1, 0.15) is 27.5 Å². The van der Waals surface area contributed by atoms with Gasteiger partial charge in [-0.3, -0.25) is 0 Å². The number of rotatable bonds is 5. The highest BCUT2D eigenvalue weighted by Gasteiger charge is 2.13. The molecule has 0 bridgehead atoms. The minimum atomic E-state index is 0.379. The number of benzene rings is 2. The van der Waals surface area contributed by atoms with E-state index in [4.69, 9.17) is 5.73 Å². The van der Waals surface area contributed by atoms with Crippen LogP contribution in [0.4, 0.5) is 0 Å². The van der Waals surface area contributed by atoms with Crippen molar-refractivity contribution in [2.24, 2.45) is 5.73 Å². The molecule has 0 spiro atoms. The van der Waals surface area contributed by atoms with Gasteiger partial charge in [-0.25, -0.2) is 0 Å². The summed E-state index contributed by atoms with van der Waals surface area (Å²) in [5.41, 5.74) is 11.0. The molecular weight excluding hydrogens is 250 g/mol. The van der Waals surface area contributed by atoms with Crippen molar-refractivity contribution in [2.75, 3.05) is 12.3 Å². The van der Waals surface area contributed by atoms with Gasteiger partial charge in [-0.05, 0) is 25.0 Å². The minimum Gasteiger partial charge on any atom is -0.330 e. The summed E-state index contributed by atoms with van der Waals surface area (Å²) in [5.74, 6) is 0.979. The molecule has 0 radical (unpaired) electrons. The third-order valence-electron chi connectivity index (χ3n) is 3.16. The minimum absolute atomic E-state index is 0.379. The molecule has 0 fully saturated rings. The van der Waals surface area contributed by atoms with Crippen molar-refractivity contribution in [3.63, 3.8) is 0 Å². The third-order valence-corrected chi connectivity index (χ3v) is 4.51. The van der Waals surface area contributed by atoms with E-state index in [1.54, 1.807) is 0 Å². The van der Waals surface area contributed by atoms with E-state index in [0.29, 0.717) is 5.25 Å². The van der Waals surface area contributed by atoms with E-state index < -0.39 is 0 Å². The van der Waals surface area contributed by atoms with E-state index in [-0.39, 0.29) is 0 Å². The highest BCUT2D eigenvalue weighted by molar-refractivity contribution is 7.99. The molecule has 2 aromatic carbocycles. The average Bonchev–Trinajstić information content (AvgIpc) is 2.43. The number of aryl methyl sites for hydroxylation is 2. The zero-order valence-electron chi connectivity index (χ0n) is 11.6. The fourth-order valence-corrected chi connectivity index (χ4v) is 3.12. The Morgan fingerprint density at radius 2 is 1.26 bits per heavy atom. The molecule has 0 unspecified atom stereocenters. The Balaban J connectivity index is 2.29. The van der Waals surface area contributed by atoms with Gasteiger partial charge in [0.2, 0.25) is 0 Å². The van der Waals surface area contributed by atoms with Crippen LogP contribution < -0.4 is 5.73 Å². The Labute approximate surface area is 120 Å². The summed E-state index contributed by atoms with van der Waals surface area (Å²) in [5, 5.41) is 0.379. The number of thioether (sulfide) groups is 1. The van der Waals surface area contributed by atoms with Crippen molar-refractivity contribution in [2.45, 2.75) is 19.1 Å². The van der Waals surface area contributed by atoms with Gasteiger partial charge < -0.3 is 5.73 Å². The average molecular weight is 271 g/mol. The molecule has 2 aromatic rings. The zero-order chi connectivity index (χ0) is 13.7. The van der Waals surface area contributed by atoms with Crippen LogP contribution in [0.5, 0.6) is 0 Å². The van der Waals surface area contributed by atoms with Gasteiger partial charge in [-0.15, -0.1) is 11.8 Å². The summed E-state index contributed by atoms with van der Waals surface area (Å²) in [6.45, 7) is 4.97. The lowest BCUT2D eigenvalue weighted by atomic mass is 10.0. The van der Waals surface area contributed by atoms with E-state index in [0.717, 1.165) is 12.3 Å². The number of hydrogen-bond donors (Lipinski definition) is 1. The first kappa shape index (κ1) is 14.2. The first-order valence-electron chi connectivity index (χ1n) is 6.65. The molecule has 1 nitrogen and oxygen atoms in total. The Kier molecular flexibility index (Phi) is 5.06. The van der Waals surface area contributed by atoms with Crippen LogP contribution in [-0.4, -0.2) is 12.3 Å². The van der Waals surface area contributed by atoms with Gasteiger partial charge in [0, 0.05) is 12.3 Å². The van der Waals surface area contributed by atoms with Crippen molar-refractivity contribution >= 4 is 11.8 Å².